The molecule has 1 aromatic rings. The van der Waals surface area contributed by atoms with Gasteiger partial charge in [-0.2, -0.15) is 0 Å². The molecule has 0 spiro atoms. The van der Waals surface area contributed by atoms with Crippen LogP contribution in [0.4, 0.5) is 0 Å². The SMILES string of the molecule is O=S(=O)(N[C@@H]1C[C@H]2OCC[C@@H]12)c1ccc(Cl)cc1. The van der Waals surface area contributed by atoms with Crippen molar-refractivity contribution in [3.05, 3.63) is 29.3 Å². The third-order valence-electron chi connectivity index (χ3n) is 3.69. The Morgan fingerprint density at radius 2 is 2.00 bits per heavy atom. The zero-order valence-corrected chi connectivity index (χ0v) is 11.2. The molecule has 18 heavy (non-hydrogen) atoms. The van der Waals surface area contributed by atoms with E-state index in [9.17, 15) is 8.42 Å². The van der Waals surface area contributed by atoms with E-state index in [1.165, 1.54) is 12.1 Å². The van der Waals surface area contributed by atoms with Gasteiger partial charge in [-0.15, -0.1) is 0 Å². The van der Waals surface area contributed by atoms with E-state index in [-0.39, 0.29) is 17.0 Å². The quantitative estimate of drug-likeness (QED) is 0.922. The van der Waals surface area contributed by atoms with Gasteiger partial charge in [-0.1, -0.05) is 11.6 Å². The first-order valence-electron chi connectivity index (χ1n) is 5.96. The first kappa shape index (κ1) is 12.4. The van der Waals surface area contributed by atoms with Crippen molar-refractivity contribution < 1.29 is 13.2 Å². The molecule has 1 aromatic carbocycles. The minimum Gasteiger partial charge on any atom is -0.378 e. The van der Waals surface area contributed by atoms with Gasteiger partial charge in [0, 0.05) is 23.6 Å². The van der Waals surface area contributed by atoms with E-state index in [4.69, 9.17) is 16.3 Å². The van der Waals surface area contributed by atoms with E-state index in [0.717, 1.165) is 19.4 Å². The highest BCUT2D eigenvalue weighted by Crippen LogP contribution is 2.39. The van der Waals surface area contributed by atoms with Gasteiger partial charge in [0.1, 0.15) is 0 Å². The number of hydrogen-bond donors (Lipinski definition) is 1. The smallest absolute Gasteiger partial charge is 0.240 e. The highest BCUT2D eigenvalue weighted by Gasteiger charge is 2.46. The summed E-state index contributed by atoms with van der Waals surface area (Å²) >= 11 is 5.75. The molecule has 0 radical (unpaired) electrons. The molecular weight excluding hydrogens is 274 g/mol. The topological polar surface area (TPSA) is 55.4 Å². The summed E-state index contributed by atoms with van der Waals surface area (Å²) in [6.45, 7) is 0.745. The maximum absolute atomic E-state index is 12.1. The van der Waals surface area contributed by atoms with E-state index in [0.29, 0.717) is 10.9 Å². The fourth-order valence-corrected chi connectivity index (χ4v) is 4.04. The lowest BCUT2D eigenvalue weighted by molar-refractivity contribution is 0.0143. The van der Waals surface area contributed by atoms with E-state index < -0.39 is 10.0 Å². The van der Waals surface area contributed by atoms with Gasteiger partial charge < -0.3 is 4.74 Å². The van der Waals surface area contributed by atoms with E-state index in [1.54, 1.807) is 12.1 Å². The third kappa shape index (κ3) is 2.16. The van der Waals surface area contributed by atoms with Crippen molar-refractivity contribution in [2.24, 2.45) is 5.92 Å². The minimum atomic E-state index is -3.44. The van der Waals surface area contributed by atoms with Crippen molar-refractivity contribution in [3.8, 4) is 0 Å². The first-order valence-corrected chi connectivity index (χ1v) is 7.82. The van der Waals surface area contributed by atoms with Crippen molar-refractivity contribution in [1.29, 1.82) is 0 Å². The van der Waals surface area contributed by atoms with Gasteiger partial charge in [0.2, 0.25) is 10.0 Å². The summed E-state index contributed by atoms with van der Waals surface area (Å²) in [4.78, 5) is 0.259. The van der Waals surface area contributed by atoms with Crippen LogP contribution in [0.25, 0.3) is 0 Å². The largest absolute Gasteiger partial charge is 0.378 e. The Morgan fingerprint density at radius 1 is 1.28 bits per heavy atom. The molecule has 0 unspecified atom stereocenters. The number of rotatable bonds is 3. The van der Waals surface area contributed by atoms with Gasteiger partial charge in [0.25, 0.3) is 0 Å². The summed E-state index contributed by atoms with van der Waals surface area (Å²) in [5, 5.41) is 0.529. The Balaban J connectivity index is 1.73. The molecule has 0 bridgehead atoms. The fourth-order valence-electron chi connectivity index (χ4n) is 2.61. The summed E-state index contributed by atoms with van der Waals surface area (Å²) < 4.78 is 32.5. The number of ether oxygens (including phenoxy) is 1. The van der Waals surface area contributed by atoms with Gasteiger partial charge >= 0.3 is 0 Å². The molecule has 1 aliphatic heterocycles. The van der Waals surface area contributed by atoms with Crippen LogP contribution in [0.5, 0.6) is 0 Å². The highest BCUT2D eigenvalue weighted by molar-refractivity contribution is 7.89. The molecule has 0 aromatic heterocycles. The second-order valence-electron chi connectivity index (χ2n) is 4.78. The number of fused-ring (bicyclic) bond motifs is 1. The number of benzene rings is 1. The average Bonchev–Trinajstić information content (AvgIpc) is 2.68. The van der Waals surface area contributed by atoms with Crippen LogP contribution in [0.15, 0.2) is 29.2 Å². The predicted molar refractivity (Wildman–Crippen MR) is 68.0 cm³/mol. The van der Waals surface area contributed by atoms with Gasteiger partial charge in [-0.25, -0.2) is 13.1 Å². The van der Waals surface area contributed by atoms with Crippen molar-refractivity contribution in [3.63, 3.8) is 0 Å². The average molecular weight is 288 g/mol. The van der Waals surface area contributed by atoms with Crippen LogP contribution in [0.3, 0.4) is 0 Å². The highest BCUT2D eigenvalue weighted by atomic mass is 35.5. The van der Waals surface area contributed by atoms with Crippen molar-refractivity contribution in [2.75, 3.05) is 6.61 Å². The van der Waals surface area contributed by atoms with Crippen LogP contribution in [-0.2, 0) is 14.8 Å². The summed E-state index contributed by atoms with van der Waals surface area (Å²) in [6, 6.07) is 6.22. The summed E-state index contributed by atoms with van der Waals surface area (Å²) in [5.74, 6) is 0.340. The zero-order chi connectivity index (χ0) is 12.8. The fraction of sp³-hybridized carbons (Fsp3) is 0.500. The maximum Gasteiger partial charge on any atom is 0.240 e. The molecule has 1 saturated heterocycles. The zero-order valence-electron chi connectivity index (χ0n) is 9.67. The predicted octanol–water partition coefficient (Wildman–Crippen LogP) is 1.80. The minimum absolute atomic E-state index is 0.0122. The molecule has 4 nitrogen and oxygen atoms in total. The van der Waals surface area contributed by atoms with Crippen LogP contribution in [0.1, 0.15) is 12.8 Å². The maximum atomic E-state index is 12.1. The standard InChI is InChI=1S/C12H14ClNO3S/c13-8-1-3-9(4-2-8)18(15,16)14-11-7-12-10(11)5-6-17-12/h1-4,10-12,14H,5-7H2/t10-,11+,12+/m0/s1. The molecule has 2 fully saturated rings. The Morgan fingerprint density at radius 3 is 2.67 bits per heavy atom. The molecule has 1 aliphatic carbocycles. The Kier molecular flexibility index (Phi) is 3.10. The Bertz CT molecular complexity index is 543. The van der Waals surface area contributed by atoms with E-state index in [1.807, 2.05) is 0 Å². The number of nitrogens with one attached hydrogen (secondary N) is 1. The van der Waals surface area contributed by atoms with Gasteiger partial charge in [-0.3, -0.25) is 0 Å². The van der Waals surface area contributed by atoms with E-state index >= 15 is 0 Å². The second-order valence-corrected chi connectivity index (χ2v) is 6.93. The van der Waals surface area contributed by atoms with Crippen molar-refractivity contribution in [2.45, 2.75) is 29.9 Å². The van der Waals surface area contributed by atoms with Crippen LogP contribution in [0.2, 0.25) is 5.02 Å². The normalized spacial score (nSPS) is 30.8. The van der Waals surface area contributed by atoms with Gasteiger partial charge in [0.05, 0.1) is 11.0 Å². The monoisotopic (exact) mass is 287 g/mol. The van der Waals surface area contributed by atoms with Crippen molar-refractivity contribution in [1.82, 2.24) is 4.72 Å². The lowest BCUT2D eigenvalue weighted by atomic mass is 9.77. The summed E-state index contributed by atoms with van der Waals surface area (Å²) in [5.41, 5.74) is 0. The second kappa shape index (κ2) is 4.49. The van der Waals surface area contributed by atoms with Crippen LogP contribution >= 0.6 is 11.6 Å². The lowest BCUT2D eigenvalue weighted by Crippen LogP contribution is -2.53. The molecule has 3 rings (SSSR count). The molecule has 1 heterocycles. The van der Waals surface area contributed by atoms with Gasteiger partial charge in [0.15, 0.2) is 0 Å². The number of halogens is 1. The third-order valence-corrected chi connectivity index (χ3v) is 5.45. The molecule has 2 aliphatic rings. The molecule has 1 saturated carbocycles. The summed E-state index contributed by atoms with van der Waals surface area (Å²) in [7, 11) is -3.44. The molecule has 3 atom stereocenters. The molecule has 1 N–H and O–H groups in total. The molecule has 6 heteroatoms. The number of hydrogen-bond acceptors (Lipinski definition) is 3. The first-order chi connectivity index (χ1) is 8.56. The van der Waals surface area contributed by atoms with Crippen molar-refractivity contribution >= 4 is 21.6 Å². The Labute approximate surface area is 111 Å². The molecular formula is C12H14ClNO3S. The van der Waals surface area contributed by atoms with Crippen LogP contribution < -0.4 is 4.72 Å². The molecule has 0 amide bonds. The molecule has 98 valence electrons. The van der Waals surface area contributed by atoms with E-state index in [2.05, 4.69) is 4.72 Å². The van der Waals surface area contributed by atoms with Gasteiger partial charge in [-0.05, 0) is 37.1 Å². The Hall–Kier alpha value is -0.620. The van der Waals surface area contributed by atoms with Crippen LogP contribution in [0, 0.1) is 5.92 Å². The van der Waals surface area contributed by atoms with Crippen LogP contribution in [-0.4, -0.2) is 27.2 Å². The summed E-state index contributed by atoms with van der Waals surface area (Å²) in [6.07, 6.45) is 1.97. The lowest BCUT2D eigenvalue weighted by Gasteiger charge is -2.39. The number of sulfonamides is 1.